The second-order valence-electron chi connectivity index (χ2n) is 3.76. The summed E-state index contributed by atoms with van der Waals surface area (Å²) in [5.74, 6) is -0.0503. The third kappa shape index (κ3) is 2.49. The molecule has 2 aromatic rings. The number of nitrogens with zero attached hydrogens (tertiary/aromatic N) is 2. The first-order valence-corrected chi connectivity index (χ1v) is 5.66. The minimum atomic E-state index is -0.259. The molecule has 0 aliphatic rings. The topological polar surface area (TPSA) is 52.1 Å². The standard InChI is InChI=1S/C13H11ClN2O2/c1-8-5-9(7-10(14)6-8)12(17)11-13(18-2)16-4-3-15-11/h3-7H,1-2H3. The normalized spacial score (nSPS) is 10.2. The Labute approximate surface area is 110 Å². The number of rotatable bonds is 3. The second kappa shape index (κ2) is 5.14. The highest BCUT2D eigenvalue weighted by Gasteiger charge is 2.17. The average Bonchev–Trinajstić information content (AvgIpc) is 2.36. The van der Waals surface area contributed by atoms with Crippen LogP contribution in [0.15, 0.2) is 30.6 Å². The fraction of sp³-hybridized carbons (Fsp3) is 0.154. The highest BCUT2D eigenvalue weighted by Crippen LogP contribution is 2.20. The van der Waals surface area contributed by atoms with Gasteiger partial charge in [0, 0.05) is 23.0 Å². The van der Waals surface area contributed by atoms with E-state index in [1.807, 2.05) is 6.92 Å². The van der Waals surface area contributed by atoms with Crippen LogP contribution in [0.1, 0.15) is 21.6 Å². The maximum absolute atomic E-state index is 12.3. The zero-order valence-electron chi connectivity index (χ0n) is 9.98. The number of ketones is 1. The summed E-state index contributed by atoms with van der Waals surface area (Å²) in [5.41, 5.74) is 1.56. The van der Waals surface area contributed by atoms with Crippen LogP contribution in [-0.2, 0) is 0 Å². The molecule has 1 aromatic heterocycles. The molecule has 0 atom stereocenters. The first-order chi connectivity index (χ1) is 8.61. The Morgan fingerprint density at radius 1 is 1.22 bits per heavy atom. The summed E-state index contributed by atoms with van der Waals surface area (Å²) < 4.78 is 5.02. The van der Waals surface area contributed by atoms with Gasteiger partial charge in [0.15, 0.2) is 5.69 Å². The van der Waals surface area contributed by atoms with Gasteiger partial charge < -0.3 is 4.74 Å². The van der Waals surface area contributed by atoms with Crippen molar-refractivity contribution in [3.05, 3.63) is 52.4 Å². The van der Waals surface area contributed by atoms with E-state index in [0.29, 0.717) is 10.6 Å². The van der Waals surface area contributed by atoms with Gasteiger partial charge in [-0.1, -0.05) is 11.6 Å². The molecule has 0 aliphatic heterocycles. The summed E-state index contributed by atoms with van der Waals surface area (Å²) in [6.07, 6.45) is 2.92. The van der Waals surface area contributed by atoms with Crippen LogP contribution in [0.5, 0.6) is 5.88 Å². The first-order valence-electron chi connectivity index (χ1n) is 5.28. The third-order valence-electron chi connectivity index (χ3n) is 2.38. The molecule has 92 valence electrons. The van der Waals surface area contributed by atoms with Crippen molar-refractivity contribution in [3.63, 3.8) is 0 Å². The van der Waals surface area contributed by atoms with Crippen molar-refractivity contribution in [2.75, 3.05) is 7.11 Å². The van der Waals surface area contributed by atoms with Crippen LogP contribution in [0.4, 0.5) is 0 Å². The summed E-state index contributed by atoms with van der Waals surface area (Å²) in [6.45, 7) is 1.87. The maximum Gasteiger partial charge on any atom is 0.243 e. The van der Waals surface area contributed by atoms with Crippen molar-refractivity contribution < 1.29 is 9.53 Å². The van der Waals surface area contributed by atoms with Crippen LogP contribution in [-0.4, -0.2) is 22.9 Å². The van der Waals surface area contributed by atoms with Crippen molar-refractivity contribution in [3.8, 4) is 5.88 Å². The average molecular weight is 263 g/mol. The lowest BCUT2D eigenvalue weighted by Gasteiger charge is -2.06. The molecule has 0 fully saturated rings. The third-order valence-corrected chi connectivity index (χ3v) is 2.60. The number of halogens is 1. The first kappa shape index (κ1) is 12.5. The van der Waals surface area contributed by atoms with E-state index < -0.39 is 0 Å². The van der Waals surface area contributed by atoms with Gasteiger partial charge in [0.25, 0.3) is 0 Å². The molecular formula is C13H11ClN2O2. The minimum absolute atomic E-state index is 0.182. The van der Waals surface area contributed by atoms with Gasteiger partial charge in [-0.15, -0.1) is 0 Å². The van der Waals surface area contributed by atoms with Crippen LogP contribution in [0, 0.1) is 6.92 Å². The molecule has 0 saturated heterocycles. The molecule has 0 unspecified atom stereocenters. The quantitative estimate of drug-likeness (QED) is 0.798. The Hall–Kier alpha value is -1.94. The fourth-order valence-corrected chi connectivity index (χ4v) is 1.92. The Morgan fingerprint density at radius 3 is 2.61 bits per heavy atom. The number of hydrogen-bond donors (Lipinski definition) is 0. The number of hydrogen-bond acceptors (Lipinski definition) is 4. The Bertz CT molecular complexity index is 579. The molecule has 0 bridgehead atoms. The van der Waals surface area contributed by atoms with Crippen molar-refractivity contribution in [1.82, 2.24) is 9.97 Å². The molecule has 0 amide bonds. The van der Waals surface area contributed by atoms with Crippen molar-refractivity contribution in [1.29, 1.82) is 0 Å². The SMILES string of the molecule is COc1nccnc1C(=O)c1cc(C)cc(Cl)c1. The van der Waals surface area contributed by atoms with Crippen LogP contribution in [0.3, 0.4) is 0 Å². The Kier molecular flexibility index (Phi) is 3.58. The lowest BCUT2D eigenvalue weighted by molar-refractivity contribution is 0.103. The maximum atomic E-state index is 12.3. The summed E-state index contributed by atoms with van der Waals surface area (Å²) in [5, 5.41) is 0.515. The smallest absolute Gasteiger partial charge is 0.243 e. The number of aromatic nitrogens is 2. The van der Waals surface area contributed by atoms with Gasteiger partial charge in [-0.05, 0) is 30.7 Å². The van der Waals surface area contributed by atoms with Gasteiger partial charge in [-0.3, -0.25) is 4.79 Å². The lowest BCUT2D eigenvalue weighted by Crippen LogP contribution is -2.08. The highest BCUT2D eigenvalue weighted by atomic mass is 35.5. The molecule has 0 radical (unpaired) electrons. The molecule has 2 rings (SSSR count). The number of aryl methyl sites for hydroxylation is 1. The van der Waals surface area contributed by atoms with Gasteiger partial charge in [0.05, 0.1) is 7.11 Å². The van der Waals surface area contributed by atoms with E-state index in [4.69, 9.17) is 16.3 Å². The molecular weight excluding hydrogens is 252 g/mol. The van der Waals surface area contributed by atoms with Crippen LogP contribution >= 0.6 is 11.6 Å². The molecule has 0 N–H and O–H groups in total. The van der Waals surface area contributed by atoms with E-state index in [-0.39, 0.29) is 17.4 Å². The zero-order valence-corrected chi connectivity index (χ0v) is 10.7. The Morgan fingerprint density at radius 2 is 1.94 bits per heavy atom. The van der Waals surface area contributed by atoms with Gasteiger partial charge in [0.2, 0.25) is 11.7 Å². The van der Waals surface area contributed by atoms with Crippen molar-refractivity contribution in [2.45, 2.75) is 6.92 Å². The van der Waals surface area contributed by atoms with E-state index in [1.165, 1.54) is 19.5 Å². The van der Waals surface area contributed by atoms with Gasteiger partial charge >= 0.3 is 0 Å². The molecule has 1 heterocycles. The largest absolute Gasteiger partial charge is 0.479 e. The van der Waals surface area contributed by atoms with Crippen molar-refractivity contribution >= 4 is 17.4 Å². The number of methoxy groups -OCH3 is 1. The summed E-state index contributed by atoms with van der Waals surface area (Å²) in [6, 6.07) is 5.14. The molecule has 1 aromatic carbocycles. The molecule has 5 heteroatoms. The minimum Gasteiger partial charge on any atom is -0.479 e. The molecule has 0 spiro atoms. The highest BCUT2D eigenvalue weighted by molar-refractivity contribution is 6.31. The predicted octanol–water partition coefficient (Wildman–Crippen LogP) is 2.68. The molecule has 4 nitrogen and oxygen atoms in total. The number of carbonyl (C=O) groups excluding carboxylic acids is 1. The Balaban J connectivity index is 2.47. The second-order valence-corrected chi connectivity index (χ2v) is 4.20. The lowest BCUT2D eigenvalue weighted by atomic mass is 10.1. The number of carbonyl (C=O) groups is 1. The van der Waals surface area contributed by atoms with Crippen LogP contribution < -0.4 is 4.74 Å². The fourth-order valence-electron chi connectivity index (χ4n) is 1.63. The van der Waals surface area contributed by atoms with Crippen molar-refractivity contribution in [2.24, 2.45) is 0 Å². The zero-order chi connectivity index (χ0) is 13.1. The van der Waals surface area contributed by atoms with E-state index >= 15 is 0 Å². The van der Waals surface area contributed by atoms with Gasteiger partial charge in [-0.25, -0.2) is 9.97 Å². The van der Waals surface area contributed by atoms with E-state index in [0.717, 1.165) is 5.56 Å². The monoisotopic (exact) mass is 262 g/mol. The van der Waals surface area contributed by atoms with Crippen LogP contribution in [0.25, 0.3) is 0 Å². The van der Waals surface area contributed by atoms with E-state index in [9.17, 15) is 4.79 Å². The molecule has 0 saturated carbocycles. The van der Waals surface area contributed by atoms with Crippen LogP contribution in [0.2, 0.25) is 5.02 Å². The summed E-state index contributed by atoms with van der Waals surface area (Å²) in [4.78, 5) is 20.2. The predicted molar refractivity (Wildman–Crippen MR) is 68.2 cm³/mol. The molecule has 0 aliphatic carbocycles. The summed E-state index contributed by atoms with van der Waals surface area (Å²) >= 11 is 5.94. The van der Waals surface area contributed by atoms with E-state index in [1.54, 1.807) is 18.2 Å². The van der Waals surface area contributed by atoms with Gasteiger partial charge in [0.1, 0.15) is 0 Å². The number of ether oxygens (including phenoxy) is 1. The van der Waals surface area contributed by atoms with E-state index in [2.05, 4.69) is 9.97 Å². The van der Waals surface area contributed by atoms with Gasteiger partial charge in [-0.2, -0.15) is 0 Å². The molecule has 18 heavy (non-hydrogen) atoms. The number of benzene rings is 1. The summed E-state index contributed by atoms with van der Waals surface area (Å²) in [7, 11) is 1.45.